The number of para-hydroxylation sites is 4. The first-order valence-corrected chi connectivity index (χ1v) is 28.5. The molecule has 0 saturated heterocycles. The van der Waals surface area contributed by atoms with Gasteiger partial charge >= 0.3 is 0 Å². The average Bonchev–Trinajstić information content (AvgIpc) is 3.93. The first kappa shape index (κ1) is 45.4. The fourth-order valence-electron chi connectivity index (χ4n) is 10.3. The number of fused-ring (bicyclic) bond motifs is 3. The molecular formula is C68H65N4OPtSi-3. The summed E-state index contributed by atoms with van der Waals surface area (Å²) in [7, 11) is -2.20. The molecule has 7 heteroatoms. The number of hydrogen-bond acceptors (Lipinski definition) is 5. The van der Waals surface area contributed by atoms with Gasteiger partial charge in [0.25, 0.3) is 0 Å². The molecule has 380 valence electrons. The minimum atomic E-state index is -2.20. The molecule has 0 radical (unpaired) electrons. The Morgan fingerprint density at radius 1 is 0.520 bits per heavy atom. The monoisotopic (exact) mass is 1180 g/mol. The van der Waals surface area contributed by atoms with Crippen LogP contribution in [0.25, 0.3) is 33.4 Å². The van der Waals surface area contributed by atoms with E-state index in [0.29, 0.717) is 28.4 Å². The number of pyridine rings is 1. The van der Waals surface area contributed by atoms with E-state index in [1.807, 2.05) is 67.5 Å². The summed E-state index contributed by atoms with van der Waals surface area (Å²) in [5, 5.41) is 2.57. The summed E-state index contributed by atoms with van der Waals surface area (Å²) < 4.78 is 51.7. The summed E-state index contributed by atoms with van der Waals surface area (Å²) in [4.78, 5) is 11.3. The van der Waals surface area contributed by atoms with Crippen LogP contribution in [0.4, 0.5) is 39.9 Å². The van der Waals surface area contributed by atoms with E-state index in [9.17, 15) is 2.74 Å². The van der Waals surface area contributed by atoms with Crippen LogP contribution in [-0.4, -0.2) is 13.1 Å². The van der Waals surface area contributed by atoms with E-state index in [4.69, 9.17) is 13.8 Å². The van der Waals surface area contributed by atoms with Crippen molar-refractivity contribution in [1.82, 2.24) is 4.98 Å². The molecule has 0 atom stereocenters. The number of aromatic nitrogens is 1. The molecule has 8 aromatic carbocycles. The summed E-state index contributed by atoms with van der Waals surface area (Å²) >= 11 is 0. The van der Waals surface area contributed by atoms with Crippen LogP contribution in [0.5, 0.6) is 11.5 Å². The number of benzene rings is 8. The van der Waals surface area contributed by atoms with Crippen molar-refractivity contribution in [3.05, 3.63) is 224 Å². The second-order valence-electron chi connectivity index (χ2n) is 23.1. The molecule has 0 amide bonds. The van der Waals surface area contributed by atoms with Crippen molar-refractivity contribution in [2.24, 2.45) is 0 Å². The van der Waals surface area contributed by atoms with Crippen molar-refractivity contribution >= 4 is 58.4 Å². The zero-order valence-corrected chi connectivity index (χ0v) is 47.9. The Labute approximate surface area is 468 Å². The molecule has 0 spiro atoms. The third-order valence-electron chi connectivity index (χ3n) is 14.6. The molecule has 1 aromatic heterocycles. The molecule has 5 nitrogen and oxygen atoms in total. The summed E-state index contributed by atoms with van der Waals surface area (Å²) in [6.07, 6.45) is 1.90. The summed E-state index contributed by atoms with van der Waals surface area (Å²) in [6, 6.07) is 58.0. The fraction of sp³-hybridized carbons (Fsp3) is 0.206. The Bertz CT molecular complexity index is 3850. The molecule has 0 saturated carbocycles. The maximum Gasteiger partial charge on any atom is 0.135 e. The van der Waals surface area contributed by atoms with Gasteiger partial charge in [-0.05, 0) is 96.8 Å². The molecule has 0 bridgehead atoms. The van der Waals surface area contributed by atoms with Gasteiger partial charge in [0.2, 0.25) is 0 Å². The third kappa shape index (κ3) is 9.80. The van der Waals surface area contributed by atoms with Crippen molar-refractivity contribution in [3.8, 4) is 44.9 Å². The Hall–Kier alpha value is -6.98. The average molecular weight is 1180 g/mol. The number of nitrogens with zero attached hydrogens (tertiary/aromatic N) is 4. The van der Waals surface area contributed by atoms with E-state index in [1.54, 1.807) is 0 Å². The van der Waals surface area contributed by atoms with Gasteiger partial charge in [0.1, 0.15) is 5.82 Å². The van der Waals surface area contributed by atoms with Crippen molar-refractivity contribution < 1.29 is 32.7 Å². The second-order valence-corrected chi connectivity index (χ2v) is 27.5. The van der Waals surface area contributed by atoms with Crippen LogP contribution < -0.4 is 29.8 Å². The molecule has 0 unspecified atom stereocenters. The number of hydrogen-bond donors (Lipinski definition) is 0. The van der Waals surface area contributed by atoms with Gasteiger partial charge in [-0.1, -0.05) is 196 Å². The van der Waals surface area contributed by atoms with Crippen molar-refractivity contribution in [1.29, 1.82) is 0 Å². The second kappa shape index (κ2) is 19.6. The van der Waals surface area contributed by atoms with Crippen molar-refractivity contribution in [2.75, 3.05) is 14.7 Å². The van der Waals surface area contributed by atoms with Crippen LogP contribution in [0.3, 0.4) is 0 Å². The van der Waals surface area contributed by atoms with Crippen LogP contribution in [-0.2, 0) is 37.3 Å². The van der Waals surface area contributed by atoms with Gasteiger partial charge in [0.15, 0.2) is 0 Å². The Morgan fingerprint density at radius 2 is 1.13 bits per heavy atom. The van der Waals surface area contributed by atoms with Gasteiger partial charge in [-0.3, -0.25) is 0 Å². The van der Waals surface area contributed by atoms with Gasteiger partial charge in [-0.15, -0.1) is 47.9 Å². The van der Waals surface area contributed by atoms with Gasteiger partial charge in [0.05, 0.1) is 14.9 Å². The summed E-state index contributed by atoms with van der Waals surface area (Å²) in [6.45, 7) is 26.7. The Kier molecular flexibility index (Phi) is 11.9. The minimum Gasteiger partial charge on any atom is -0.509 e. The maximum absolute atomic E-state index is 9.33. The molecule has 0 fully saturated rings. The molecule has 75 heavy (non-hydrogen) atoms. The largest absolute Gasteiger partial charge is 0.509 e. The molecule has 11 rings (SSSR count). The van der Waals surface area contributed by atoms with E-state index in [1.165, 1.54) is 21.5 Å². The van der Waals surface area contributed by atoms with E-state index < -0.39 is 26.2 Å². The van der Waals surface area contributed by atoms with E-state index in [2.05, 4.69) is 199 Å². The third-order valence-corrected chi connectivity index (χ3v) is 18.1. The molecule has 2 aliphatic rings. The minimum absolute atomic E-state index is 0. The fourth-order valence-corrected chi connectivity index (χ4v) is 13.2. The van der Waals surface area contributed by atoms with E-state index in [0.717, 1.165) is 56.4 Å². The zero-order valence-electron chi connectivity index (χ0n) is 49.6. The molecule has 3 heterocycles. The molecule has 9 aromatic rings. The molecule has 2 aliphatic heterocycles. The Balaban J connectivity index is 0.00000720. The molecular weight excluding hydrogens is 1110 g/mol. The van der Waals surface area contributed by atoms with Gasteiger partial charge in [-0.25, -0.2) is 4.98 Å². The first-order valence-electron chi connectivity index (χ1n) is 28.0. The topological polar surface area (TPSA) is 31.8 Å². The predicted molar refractivity (Wildman–Crippen MR) is 314 cm³/mol. The Morgan fingerprint density at radius 3 is 1.83 bits per heavy atom. The molecule has 0 aliphatic carbocycles. The van der Waals surface area contributed by atoms with Crippen molar-refractivity contribution in [2.45, 2.75) is 91.7 Å². The smallest absolute Gasteiger partial charge is 0.135 e. The first-order chi connectivity index (χ1) is 37.4. The number of ether oxygens (including phenoxy) is 1. The summed E-state index contributed by atoms with van der Waals surface area (Å²) in [5.74, 6) is 1.86. The van der Waals surface area contributed by atoms with Crippen LogP contribution in [0.15, 0.2) is 188 Å². The summed E-state index contributed by atoms with van der Waals surface area (Å²) in [5.41, 5.74) is 12.8. The maximum atomic E-state index is 9.33. The van der Waals surface area contributed by atoms with Crippen LogP contribution >= 0.6 is 0 Å². The van der Waals surface area contributed by atoms with E-state index in [-0.39, 0.29) is 55.0 Å². The van der Waals surface area contributed by atoms with Crippen LogP contribution in [0, 0.1) is 18.8 Å². The normalized spacial score (nSPS) is 14.9. The SMILES string of the molecule is [2H]c1c([2H])c([2H])c(-c2cccc(-c3cc(-c4ccc(C(C)(C)C)cc4)cc(C(C)(C)C)c3)c2N2[CH-]N(c3[c-]c(Oc4[c-]c5c(cc4)[Si](C)(C)c4ccccc4N5c4cc(C(C)(C)C)ccn4)ccc3)c3ccccc32)c([2H])c1[2H].[Pt]. The van der Waals surface area contributed by atoms with Crippen LogP contribution in [0.2, 0.25) is 13.1 Å². The van der Waals surface area contributed by atoms with Gasteiger partial charge in [0, 0.05) is 72.6 Å². The molecule has 0 N–H and O–H groups in total. The standard InChI is InChI=1S/C68H65N4OSi.Pt/c1-66(2,3)50-33-31-46(32-34-50)48-39-49(41-52(40-48)68(7,8)9)57-26-20-25-56(47-21-13-12-14-22-47)65(57)71-45-70(58-27-15-16-28-59(58)71)53-23-19-24-54(43-53)73-55-35-36-63-61(44-55)72(60-29-17-18-30-62(60)74(63,10)11)64-42-51(37-38-69-64)67(4,5)6;/h12-42,45H,1-11H3;/q-3;/i12D,13D,14D,21D,22D;. The zero-order chi connectivity index (χ0) is 56.1. The quantitative estimate of drug-likeness (QED) is 0.112. The van der Waals surface area contributed by atoms with Crippen LogP contribution in [0.1, 0.15) is 85.9 Å². The number of rotatable bonds is 8. The van der Waals surface area contributed by atoms with Gasteiger partial charge in [-0.2, -0.15) is 12.1 Å². The predicted octanol–water partition coefficient (Wildman–Crippen LogP) is 17.4. The number of anilines is 7. The van der Waals surface area contributed by atoms with Crippen molar-refractivity contribution in [3.63, 3.8) is 0 Å². The van der Waals surface area contributed by atoms with Gasteiger partial charge < -0.3 is 19.4 Å². The van der Waals surface area contributed by atoms with E-state index >= 15 is 0 Å².